The van der Waals surface area contributed by atoms with Gasteiger partial charge in [-0.25, -0.2) is 0 Å². The van der Waals surface area contributed by atoms with E-state index in [1.165, 1.54) is 0 Å². The molecule has 6 nitrogen and oxygen atoms in total. The number of primary amides is 1. The fourth-order valence-corrected chi connectivity index (χ4v) is 2.74. The lowest BCUT2D eigenvalue weighted by molar-refractivity contribution is -0.139. The molecule has 0 aliphatic carbocycles. The maximum absolute atomic E-state index is 12.3. The van der Waals surface area contributed by atoms with E-state index in [0.717, 1.165) is 18.7 Å². The van der Waals surface area contributed by atoms with Gasteiger partial charge >= 0.3 is 0 Å². The number of nitrogens with two attached hydrogens (primary N) is 1. The first-order chi connectivity index (χ1) is 11.3. The summed E-state index contributed by atoms with van der Waals surface area (Å²) in [7, 11) is 0. The fraction of sp³-hybridized carbons (Fsp3) is 0.500. The van der Waals surface area contributed by atoms with Crippen LogP contribution >= 0.6 is 0 Å². The lowest BCUT2D eigenvalue weighted by atomic mass is 9.88. The Morgan fingerprint density at radius 2 is 1.83 bits per heavy atom. The van der Waals surface area contributed by atoms with E-state index in [0.29, 0.717) is 25.2 Å². The van der Waals surface area contributed by atoms with Gasteiger partial charge in [0.2, 0.25) is 11.8 Å². The van der Waals surface area contributed by atoms with Crippen molar-refractivity contribution in [3.05, 3.63) is 35.4 Å². The summed E-state index contributed by atoms with van der Waals surface area (Å²) in [6.07, 6.45) is 0.138. The van der Waals surface area contributed by atoms with E-state index in [1.54, 1.807) is 18.7 Å². The molecule has 1 aromatic rings. The van der Waals surface area contributed by atoms with Gasteiger partial charge in [0, 0.05) is 39.1 Å². The van der Waals surface area contributed by atoms with Gasteiger partial charge in [-0.3, -0.25) is 14.5 Å². The summed E-state index contributed by atoms with van der Waals surface area (Å²) in [5.74, 6) is -0.488. The zero-order valence-electron chi connectivity index (χ0n) is 14.3. The summed E-state index contributed by atoms with van der Waals surface area (Å²) < 4.78 is 0. The summed E-state index contributed by atoms with van der Waals surface area (Å²) in [4.78, 5) is 27.7. The van der Waals surface area contributed by atoms with Gasteiger partial charge in [0.1, 0.15) is 0 Å². The van der Waals surface area contributed by atoms with E-state index in [2.05, 4.69) is 11.0 Å². The quantitative estimate of drug-likeness (QED) is 0.876. The summed E-state index contributed by atoms with van der Waals surface area (Å²) >= 11 is 0. The van der Waals surface area contributed by atoms with Crippen LogP contribution in [0.2, 0.25) is 0 Å². The third-order valence-corrected chi connectivity index (χ3v) is 4.52. The van der Waals surface area contributed by atoms with Gasteiger partial charge < -0.3 is 10.6 Å². The Bertz CT molecular complexity index is 655. The highest BCUT2D eigenvalue weighted by molar-refractivity contribution is 5.87. The van der Waals surface area contributed by atoms with Crippen molar-refractivity contribution in [2.45, 2.75) is 26.8 Å². The van der Waals surface area contributed by atoms with E-state index >= 15 is 0 Å². The minimum atomic E-state index is -0.819. The average molecular weight is 328 g/mol. The van der Waals surface area contributed by atoms with Crippen LogP contribution in [0.5, 0.6) is 0 Å². The first-order valence-corrected chi connectivity index (χ1v) is 8.11. The number of hydrogen-bond donors (Lipinski definition) is 1. The molecule has 0 aromatic heterocycles. The number of hydrogen-bond acceptors (Lipinski definition) is 4. The molecule has 24 heavy (non-hydrogen) atoms. The molecular weight excluding hydrogens is 304 g/mol. The molecular formula is C18H24N4O2. The number of amides is 2. The zero-order chi connectivity index (χ0) is 17.7. The van der Waals surface area contributed by atoms with E-state index in [4.69, 9.17) is 11.0 Å². The molecule has 0 atom stereocenters. The molecule has 1 aliphatic heterocycles. The Morgan fingerprint density at radius 1 is 1.21 bits per heavy atom. The standard InChI is InChI=1S/C18H24N4O2/c1-18(2,17(20)24)11-16(23)22-9-7-21(8-10-22)13-15-6-4-3-5-14(15)12-19/h3-6H,7-11,13H2,1-2H3,(H2,20,24). The Balaban J connectivity index is 1.89. The van der Waals surface area contributed by atoms with Crippen molar-refractivity contribution in [2.75, 3.05) is 26.2 Å². The molecule has 2 N–H and O–H groups in total. The molecule has 0 radical (unpaired) electrons. The van der Waals surface area contributed by atoms with E-state index in [9.17, 15) is 9.59 Å². The Hall–Kier alpha value is -2.39. The molecule has 128 valence electrons. The van der Waals surface area contributed by atoms with Crippen LogP contribution in [0.25, 0.3) is 0 Å². The SMILES string of the molecule is CC(C)(CC(=O)N1CCN(Cc2ccccc2C#N)CC1)C(N)=O. The van der Waals surface area contributed by atoms with Crippen LogP contribution in [-0.2, 0) is 16.1 Å². The van der Waals surface area contributed by atoms with Crippen LogP contribution in [0.3, 0.4) is 0 Å². The van der Waals surface area contributed by atoms with Crippen molar-refractivity contribution >= 4 is 11.8 Å². The van der Waals surface area contributed by atoms with E-state index < -0.39 is 11.3 Å². The van der Waals surface area contributed by atoms with E-state index in [-0.39, 0.29) is 12.3 Å². The average Bonchev–Trinajstić information content (AvgIpc) is 2.55. The van der Waals surface area contributed by atoms with Gasteiger partial charge in [0.15, 0.2) is 0 Å². The number of nitrogens with zero attached hydrogens (tertiary/aromatic N) is 3. The van der Waals surface area contributed by atoms with Crippen LogP contribution < -0.4 is 5.73 Å². The van der Waals surface area contributed by atoms with Gasteiger partial charge in [-0.1, -0.05) is 32.0 Å². The molecule has 0 spiro atoms. The van der Waals surface area contributed by atoms with Crippen molar-refractivity contribution in [2.24, 2.45) is 11.1 Å². The first kappa shape index (κ1) is 18.0. The summed E-state index contributed by atoms with van der Waals surface area (Å²) in [6, 6.07) is 9.79. The van der Waals surface area contributed by atoms with Crippen LogP contribution in [-0.4, -0.2) is 47.8 Å². The Kier molecular flexibility index (Phi) is 5.58. The lowest BCUT2D eigenvalue weighted by Crippen LogP contribution is -2.49. The van der Waals surface area contributed by atoms with Crippen LogP contribution in [0, 0.1) is 16.7 Å². The summed E-state index contributed by atoms with van der Waals surface area (Å²) in [5.41, 5.74) is 6.22. The molecule has 1 aromatic carbocycles. The smallest absolute Gasteiger partial charge is 0.223 e. The second kappa shape index (κ2) is 7.45. The van der Waals surface area contributed by atoms with Gasteiger partial charge in [-0.2, -0.15) is 5.26 Å². The second-order valence-electron chi connectivity index (χ2n) is 6.85. The van der Waals surface area contributed by atoms with Gasteiger partial charge in [0.25, 0.3) is 0 Å². The summed E-state index contributed by atoms with van der Waals surface area (Å²) in [5, 5.41) is 9.16. The number of piperazine rings is 1. The number of rotatable bonds is 5. The molecule has 1 saturated heterocycles. The van der Waals surface area contributed by atoms with Crippen molar-refractivity contribution in [1.82, 2.24) is 9.80 Å². The highest BCUT2D eigenvalue weighted by Crippen LogP contribution is 2.21. The number of nitriles is 1. The van der Waals surface area contributed by atoms with Crippen LogP contribution in [0.15, 0.2) is 24.3 Å². The number of carbonyl (C=O) groups excluding carboxylic acids is 2. The van der Waals surface area contributed by atoms with Crippen molar-refractivity contribution in [1.29, 1.82) is 5.26 Å². The topological polar surface area (TPSA) is 90.4 Å². The summed E-state index contributed by atoms with van der Waals surface area (Å²) in [6.45, 7) is 6.86. The third-order valence-electron chi connectivity index (χ3n) is 4.52. The monoisotopic (exact) mass is 328 g/mol. The zero-order valence-corrected chi connectivity index (χ0v) is 14.3. The van der Waals surface area contributed by atoms with Crippen LogP contribution in [0.1, 0.15) is 31.4 Å². The van der Waals surface area contributed by atoms with Crippen molar-refractivity contribution in [3.63, 3.8) is 0 Å². The molecule has 0 bridgehead atoms. The molecule has 2 rings (SSSR count). The van der Waals surface area contributed by atoms with E-state index in [1.807, 2.05) is 24.3 Å². The number of benzene rings is 1. The molecule has 2 amide bonds. The van der Waals surface area contributed by atoms with Crippen molar-refractivity contribution in [3.8, 4) is 6.07 Å². The second-order valence-corrected chi connectivity index (χ2v) is 6.85. The largest absolute Gasteiger partial charge is 0.369 e. The fourth-order valence-electron chi connectivity index (χ4n) is 2.74. The molecule has 1 heterocycles. The Morgan fingerprint density at radius 3 is 2.42 bits per heavy atom. The first-order valence-electron chi connectivity index (χ1n) is 8.11. The Labute approximate surface area is 142 Å². The third kappa shape index (κ3) is 4.33. The minimum Gasteiger partial charge on any atom is -0.369 e. The molecule has 0 unspecified atom stereocenters. The van der Waals surface area contributed by atoms with Gasteiger partial charge in [-0.15, -0.1) is 0 Å². The predicted molar refractivity (Wildman–Crippen MR) is 90.6 cm³/mol. The predicted octanol–water partition coefficient (Wildman–Crippen LogP) is 1.10. The molecule has 0 saturated carbocycles. The maximum Gasteiger partial charge on any atom is 0.223 e. The molecule has 1 fully saturated rings. The van der Waals surface area contributed by atoms with Gasteiger partial charge in [-0.05, 0) is 11.6 Å². The molecule has 6 heteroatoms. The normalized spacial score (nSPS) is 15.8. The number of carbonyl (C=O) groups is 2. The minimum absolute atomic E-state index is 0.0316. The van der Waals surface area contributed by atoms with Crippen molar-refractivity contribution < 1.29 is 9.59 Å². The highest BCUT2D eigenvalue weighted by atomic mass is 16.2. The highest BCUT2D eigenvalue weighted by Gasteiger charge is 2.31. The van der Waals surface area contributed by atoms with Gasteiger partial charge in [0.05, 0.1) is 17.0 Å². The molecule has 1 aliphatic rings. The van der Waals surface area contributed by atoms with Crippen LogP contribution in [0.4, 0.5) is 0 Å². The lowest BCUT2D eigenvalue weighted by Gasteiger charge is -2.36. The maximum atomic E-state index is 12.3.